The number of aryl methyl sites for hydroxylation is 2. The molecule has 0 radical (unpaired) electrons. The lowest BCUT2D eigenvalue weighted by atomic mass is 9.99. The van der Waals surface area contributed by atoms with Crippen molar-refractivity contribution in [1.29, 1.82) is 0 Å². The number of hydrogen-bond donors (Lipinski definition) is 1. The standard InChI is InChI=1S/C16H25F3N2/c1-4-6-21(11-16(17,18)19)7-5-15(20)14-9-12(2)8-13(3)10-14/h8-10,15H,4-7,11,20H2,1-3H3. The summed E-state index contributed by atoms with van der Waals surface area (Å²) in [6, 6.07) is 5.84. The van der Waals surface area contributed by atoms with Gasteiger partial charge in [-0.15, -0.1) is 0 Å². The highest BCUT2D eigenvalue weighted by atomic mass is 19.4. The van der Waals surface area contributed by atoms with Gasteiger partial charge in [0, 0.05) is 12.6 Å². The summed E-state index contributed by atoms with van der Waals surface area (Å²) in [6.45, 7) is 5.82. The molecule has 0 aliphatic carbocycles. The molecule has 0 saturated heterocycles. The number of alkyl halides is 3. The summed E-state index contributed by atoms with van der Waals surface area (Å²) in [5.41, 5.74) is 9.38. The van der Waals surface area contributed by atoms with Crippen molar-refractivity contribution < 1.29 is 13.2 Å². The SMILES string of the molecule is CCCN(CCC(N)c1cc(C)cc(C)c1)CC(F)(F)F. The monoisotopic (exact) mass is 302 g/mol. The van der Waals surface area contributed by atoms with E-state index in [1.165, 1.54) is 4.90 Å². The van der Waals surface area contributed by atoms with Crippen LogP contribution in [0.2, 0.25) is 0 Å². The molecule has 0 amide bonds. The molecule has 0 aliphatic rings. The molecule has 2 N–H and O–H groups in total. The number of halogens is 3. The van der Waals surface area contributed by atoms with Crippen LogP contribution < -0.4 is 5.73 Å². The number of benzene rings is 1. The number of nitrogens with two attached hydrogens (primary N) is 1. The van der Waals surface area contributed by atoms with Crippen LogP contribution >= 0.6 is 0 Å². The van der Waals surface area contributed by atoms with E-state index in [1.807, 2.05) is 32.9 Å². The lowest BCUT2D eigenvalue weighted by molar-refractivity contribution is -0.146. The van der Waals surface area contributed by atoms with Crippen LogP contribution in [0, 0.1) is 13.8 Å². The molecule has 120 valence electrons. The zero-order valence-electron chi connectivity index (χ0n) is 13.0. The predicted octanol–water partition coefficient (Wildman–Crippen LogP) is 3.97. The van der Waals surface area contributed by atoms with Gasteiger partial charge in [-0.2, -0.15) is 13.2 Å². The molecule has 2 nitrogen and oxygen atoms in total. The third kappa shape index (κ3) is 6.96. The van der Waals surface area contributed by atoms with Gasteiger partial charge in [-0.1, -0.05) is 36.2 Å². The van der Waals surface area contributed by atoms with E-state index in [4.69, 9.17) is 5.73 Å². The van der Waals surface area contributed by atoms with Crippen molar-refractivity contribution in [2.24, 2.45) is 5.73 Å². The number of rotatable bonds is 7. The van der Waals surface area contributed by atoms with Gasteiger partial charge >= 0.3 is 6.18 Å². The highest BCUT2D eigenvalue weighted by Crippen LogP contribution is 2.20. The van der Waals surface area contributed by atoms with E-state index >= 15 is 0 Å². The minimum Gasteiger partial charge on any atom is -0.324 e. The normalized spacial score (nSPS) is 13.7. The van der Waals surface area contributed by atoms with Crippen molar-refractivity contribution in [3.63, 3.8) is 0 Å². The average molecular weight is 302 g/mol. The van der Waals surface area contributed by atoms with Gasteiger partial charge in [0.25, 0.3) is 0 Å². The van der Waals surface area contributed by atoms with Gasteiger partial charge in [0.1, 0.15) is 0 Å². The molecule has 0 fully saturated rings. The second kappa shape index (κ2) is 7.80. The first kappa shape index (κ1) is 18.0. The maximum atomic E-state index is 12.5. The minimum absolute atomic E-state index is 0.226. The molecule has 0 saturated carbocycles. The van der Waals surface area contributed by atoms with E-state index in [0.717, 1.165) is 16.7 Å². The molecular weight excluding hydrogens is 277 g/mol. The molecule has 1 aromatic rings. The van der Waals surface area contributed by atoms with Gasteiger partial charge in [-0.3, -0.25) is 4.90 Å². The number of hydrogen-bond acceptors (Lipinski definition) is 2. The van der Waals surface area contributed by atoms with Gasteiger partial charge < -0.3 is 5.73 Å². The van der Waals surface area contributed by atoms with Crippen LogP contribution in [0.5, 0.6) is 0 Å². The third-order valence-corrected chi connectivity index (χ3v) is 3.37. The summed E-state index contributed by atoms with van der Waals surface area (Å²) >= 11 is 0. The van der Waals surface area contributed by atoms with Crippen LogP contribution in [0.1, 0.15) is 42.5 Å². The topological polar surface area (TPSA) is 29.3 Å². The first-order valence-electron chi connectivity index (χ1n) is 7.34. The molecule has 0 aromatic heterocycles. The van der Waals surface area contributed by atoms with Crippen LogP contribution in [0.15, 0.2) is 18.2 Å². The highest BCUT2D eigenvalue weighted by molar-refractivity contribution is 5.30. The van der Waals surface area contributed by atoms with Gasteiger partial charge in [-0.25, -0.2) is 0 Å². The van der Waals surface area contributed by atoms with Crippen LogP contribution in [0.25, 0.3) is 0 Å². The molecule has 5 heteroatoms. The van der Waals surface area contributed by atoms with Gasteiger partial charge in [0.2, 0.25) is 0 Å². The Bertz CT molecular complexity index is 423. The van der Waals surface area contributed by atoms with E-state index in [9.17, 15) is 13.2 Å². The maximum absolute atomic E-state index is 12.5. The van der Waals surface area contributed by atoms with E-state index in [1.54, 1.807) is 0 Å². The molecular formula is C16H25F3N2. The van der Waals surface area contributed by atoms with Crippen LogP contribution in [0.4, 0.5) is 13.2 Å². The van der Waals surface area contributed by atoms with Crippen molar-refractivity contribution >= 4 is 0 Å². The lowest BCUT2D eigenvalue weighted by Gasteiger charge is -2.24. The molecule has 1 aromatic carbocycles. The Kier molecular flexibility index (Phi) is 6.68. The molecule has 21 heavy (non-hydrogen) atoms. The Morgan fingerprint density at radius 3 is 2.14 bits per heavy atom. The van der Waals surface area contributed by atoms with Crippen molar-refractivity contribution in [2.45, 2.75) is 45.8 Å². The molecule has 0 spiro atoms. The zero-order chi connectivity index (χ0) is 16.0. The second-order valence-corrected chi connectivity index (χ2v) is 5.71. The van der Waals surface area contributed by atoms with Crippen molar-refractivity contribution in [3.05, 3.63) is 34.9 Å². The molecule has 0 aliphatic heterocycles. The van der Waals surface area contributed by atoms with Gasteiger partial charge in [-0.05, 0) is 38.8 Å². The number of nitrogens with zero attached hydrogens (tertiary/aromatic N) is 1. The zero-order valence-corrected chi connectivity index (χ0v) is 13.0. The summed E-state index contributed by atoms with van der Waals surface area (Å²) < 4.78 is 37.5. The maximum Gasteiger partial charge on any atom is 0.401 e. The highest BCUT2D eigenvalue weighted by Gasteiger charge is 2.30. The Morgan fingerprint density at radius 2 is 1.67 bits per heavy atom. The molecule has 1 atom stereocenters. The van der Waals surface area contributed by atoms with Crippen LogP contribution in [0.3, 0.4) is 0 Å². The summed E-state index contributed by atoms with van der Waals surface area (Å²) in [5, 5.41) is 0. The Balaban J connectivity index is 2.61. The molecule has 1 unspecified atom stereocenters. The molecule has 0 heterocycles. The Morgan fingerprint density at radius 1 is 1.10 bits per heavy atom. The minimum atomic E-state index is -4.15. The first-order valence-corrected chi connectivity index (χ1v) is 7.34. The summed E-state index contributed by atoms with van der Waals surface area (Å²) in [4.78, 5) is 1.43. The summed E-state index contributed by atoms with van der Waals surface area (Å²) in [7, 11) is 0. The largest absolute Gasteiger partial charge is 0.401 e. The van der Waals surface area contributed by atoms with Crippen molar-refractivity contribution in [2.75, 3.05) is 19.6 Å². The second-order valence-electron chi connectivity index (χ2n) is 5.71. The quantitative estimate of drug-likeness (QED) is 0.826. The van der Waals surface area contributed by atoms with Crippen LogP contribution in [-0.2, 0) is 0 Å². The Hall–Kier alpha value is -1.07. The van der Waals surface area contributed by atoms with Gasteiger partial charge in [0.05, 0.1) is 6.54 Å². The smallest absolute Gasteiger partial charge is 0.324 e. The van der Waals surface area contributed by atoms with Crippen LogP contribution in [-0.4, -0.2) is 30.7 Å². The fourth-order valence-electron chi connectivity index (χ4n) is 2.55. The average Bonchev–Trinajstić information content (AvgIpc) is 2.33. The van der Waals surface area contributed by atoms with E-state index in [0.29, 0.717) is 25.9 Å². The van der Waals surface area contributed by atoms with Gasteiger partial charge in [0.15, 0.2) is 0 Å². The van der Waals surface area contributed by atoms with E-state index in [-0.39, 0.29) is 6.04 Å². The predicted molar refractivity (Wildman–Crippen MR) is 80.2 cm³/mol. The molecule has 0 bridgehead atoms. The van der Waals surface area contributed by atoms with Crippen molar-refractivity contribution in [1.82, 2.24) is 4.90 Å². The summed E-state index contributed by atoms with van der Waals surface area (Å²) in [6.07, 6.45) is -2.92. The fourth-order valence-corrected chi connectivity index (χ4v) is 2.55. The lowest BCUT2D eigenvalue weighted by Crippen LogP contribution is -2.36. The van der Waals surface area contributed by atoms with E-state index < -0.39 is 12.7 Å². The van der Waals surface area contributed by atoms with E-state index in [2.05, 4.69) is 6.07 Å². The fraction of sp³-hybridized carbons (Fsp3) is 0.625. The first-order chi connectivity index (χ1) is 9.71. The Labute approximate surface area is 125 Å². The van der Waals surface area contributed by atoms with Crippen molar-refractivity contribution in [3.8, 4) is 0 Å². The molecule has 1 rings (SSSR count). The third-order valence-electron chi connectivity index (χ3n) is 3.37. The summed E-state index contributed by atoms with van der Waals surface area (Å²) in [5.74, 6) is 0.